The van der Waals surface area contributed by atoms with E-state index in [9.17, 15) is 31.5 Å². The van der Waals surface area contributed by atoms with Gasteiger partial charge in [0.25, 0.3) is 0 Å². The van der Waals surface area contributed by atoms with E-state index in [4.69, 9.17) is 5.11 Å². The van der Waals surface area contributed by atoms with Gasteiger partial charge in [-0.05, 0) is 17.7 Å². The third kappa shape index (κ3) is 4.18. The second kappa shape index (κ2) is 5.85. The number of alkyl halides is 3. The van der Waals surface area contributed by atoms with Gasteiger partial charge in [-0.25, -0.2) is 13.6 Å². The molecule has 2 N–H and O–H groups in total. The van der Waals surface area contributed by atoms with Crippen LogP contribution in [0.4, 0.5) is 22.0 Å². The lowest BCUT2D eigenvalue weighted by atomic mass is 10.1. The molecular weight excluding hydrogens is 289 g/mol. The van der Waals surface area contributed by atoms with Crippen LogP contribution in [0.25, 0.3) is 0 Å². The van der Waals surface area contributed by atoms with Gasteiger partial charge in [-0.2, -0.15) is 13.2 Å². The van der Waals surface area contributed by atoms with Crippen LogP contribution in [0.3, 0.4) is 0 Å². The first kappa shape index (κ1) is 15.9. The van der Waals surface area contributed by atoms with Crippen molar-refractivity contribution >= 4 is 11.9 Å². The average Bonchev–Trinajstić information content (AvgIpc) is 2.31. The predicted octanol–water partition coefficient (Wildman–Crippen LogP) is 1.64. The number of halogens is 5. The highest BCUT2D eigenvalue weighted by molar-refractivity contribution is 5.87. The lowest BCUT2D eigenvalue weighted by Gasteiger charge is -2.15. The second-order valence-corrected chi connectivity index (χ2v) is 3.81. The zero-order chi connectivity index (χ0) is 15.5. The van der Waals surface area contributed by atoms with Gasteiger partial charge in [0.1, 0.15) is 6.04 Å². The van der Waals surface area contributed by atoms with Crippen molar-refractivity contribution in [1.29, 1.82) is 0 Å². The molecule has 1 atom stereocenters. The molecular formula is C11H8F5NO3. The number of carboxylic acids is 1. The van der Waals surface area contributed by atoms with E-state index in [-0.39, 0.29) is 5.56 Å². The summed E-state index contributed by atoms with van der Waals surface area (Å²) in [6.07, 6.45) is -5.85. The molecule has 0 saturated carbocycles. The zero-order valence-corrected chi connectivity index (χ0v) is 9.67. The molecule has 0 heterocycles. The van der Waals surface area contributed by atoms with Crippen LogP contribution in [-0.2, 0) is 16.0 Å². The van der Waals surface area contributed by atoms with Crippen molar-refractivity contribution in [3.05, 3.63) is 35.4 Å². The second-order valence-electron chi connectivity index (χ2n) is 3.81. The van der Waals surface area contributed by atoms with E-state index in [0.29, 0.717) is 12.1 Å². The zero-order valence-electron chi connectivity index (χ0n) is 9.67. The Morgan fingerprint density at radius 2 is 1.80 bits per heavy atom. The van der Waals surface area contributed by atoms with E-state index >= 15 is 0 Å². The van der Waals surface area contributed by atoms with Crippen molar-refractivity contribution in [2.45, 2.75) is 18.6 Å². The van der Waals surface area contributed by atoms with Crippen LogP contribution in [0.1, 0.15) is 5.56 Å². The Bertz CT molecular complexity index is 529. The minimum Gasteiger partial charge on any atom is -0.480 e. The molecule has 0 radical (unpaired) electrons. The van der Waals surface area contributed by atoms with Gasteiger partial charge in [-0.1, -0.05) is 6.07 Å². The average molecular weight is 297 g/mol. The monoisotopic (exact) mass is 297 g/mol. The van der Waals surface area contributed by atoms with E-state index in [1.165, 1.54) is 5.32 Å². The smallest absolute Gasteiger partial charge is 0.471 e. The Labute approximate surface area is 109 Å². The summed E-state index contributed by atoms with van der Waals surface area (Å²) in [7, 11) is 0. The number of hydrogen-bond donors (Lipinski definition) is 2. The quantitative estimate of drug-likeness (QED) is 0.830. The minimum absolute atomic E-state index is 0.0706. The summed E-state index contributed by atoms with van der Waals surface area (Å²) in [4.78, 5) is 21.4. The van der Waals surface area contributed by atoms with E-state index in [1.54, 1.807) is 0 Å². The van der Waals surface area contributed by atoms with E-state index in [2.05, 4.69) is 0 Å². The Morgan fingerprint density at radius 1 is 1.20 bits per heavy atom. The van der Waals surface area contributed by atoms with Crippen molar-refractivity contribution < 1.29 is 36.6 Å². The highest BCUT2D eigenvalue weighted by atomic mass is 19.4. The highest BCUT2D eigenvalue weighted by Crippen LogP contribution is 2.16. The van der Waals surface area contributed by atoms with Crippen molar-refractivity contribution in [2.24, 2.45) is 0 Å². The highest BCUT2D eigenvalue weighted by Gasteiger charge is 2.40. The summed E-state index contributed by atoms with van der Waals surface area (Å²) in [6, 6.07) is 0.447. The molecule has 110 valence electrons. The minimum atomic E-state index is -5.23. The number of aliphatic carboxylic acids is 1. The molecule has 0 saturated heterocycles. The number of carbonyl (C=O) groups excluding carboxylic acids is 1. The van der Waals surface area contributed by atoms with Crippen molar-refractivity contribution in [1.82, 2.24) is 5.32 Å². The van der Waals surface area contributed by atoms with Gasteiger partial charge in [0.05, 0.1) is 0 Å². The first-order valence-corrected chi connectivity index (χ1v) is 5.15. The molecule has 0 fully saturated rings. The van der Waals surface area contributed by atoms with Gasteiger partial charge >= 0.3 is 18.1 Å². The standard InChI is InChI=1S/C11H8F5NO3/c12-6-2-1-5(3-7(6)13)4-8(9(18)19)17-10(20)11(14,15)16/h1-3,8H,4H2,(H,17,20)(H,18,19)/t8-/m1/s1. The third-order valence-corrected chi connectivity index (χ3v) is 2.28. The maximum Gasteiger partial charge on any atom is 0.471 e. The Morgan fingerprint density at radius 3 is 2.25 bits per heavy atom. The topological polar surface area (TPSA) is 66.4 Å². The van der Waals surface area contributed by atoms with Gasteiger partial charge in [-0.3, -0.25) is 4.79 Å². The maximum absolute atomic E-state index is 12.9. The Kier molecular flexibility index (Phi) is 4.64. The molecule has 9 heteroatoms. The van der Waals surface area contributed by atoms with E-state index in [0.717, 1.165) is 6.07 Å². The number of carbonyl (C=O) groups is 2. The maximum atomic E-state index is 12.9. The van der Waals surface area contributed by atoms with E-state index in [1.807, 2.05) is 0 Å². The van der Waals surface area contributed by atoms with Crippen LogP contribution in [0.2, 0.25) is 0 Å². The van der Waals surface area contributed by atoms with Gasteiger partial charge in [-0.15, -0.1) is 0 Å². The molecule has 0 aromatic heterocycles. The molecule has 20 heavy (non-hydrogen) atoms. The van der Waals surface area contributed by atoms with Crippen molar-refractivity contribution in [3.8, 4) is 0 Å². The first-order valence-electron chi connectivity index (χ1n) is 5.15. The van der Waals surface area contributed by atoms with Crippen LogP contribution < -0.4 is 5.32 Å². The fourth-order valence-electron chi connectivity index (χ4n) is 1.34. The first-order chi connectivity index (χ1) is 9.11. The number of rotatable bonds is 4. The molecule has 1 aromatic rings. The fourth-order valence-corrected chi connectivity index (χ4v) is 1.34. The number of nitrogens with one attached hydrogen (secondary N) is 1. The molecule has 1 aromatic carbocycles. The summed E-state index contributed by atoms with van der Waals surface area (Å²) in [5.74, 6) is -6.60. The van der Waals surface area contributed by atoms with Crippen LogP contribution in [0.15, 0.2) is 18.2 Å². The van der Waals surface area contributed by atoms with E-state index < -0.39 is 42.1 Å². The van der Waals surface area contributed by atoms with Crippen molar-refractivity contribution in [3.63, 3.8) is 0 Å². The molecule has 1 rings (SSSR count). The van der Waals surface area contributed by atoms with Crippen molar-refractivity contribution in [2.75, 3.05) is 0 Å². The lowest BCUT2D eigenvalue weighted by molar-refractivity contribution is -0.175. The molecule has 0 aliphatic heterocycles. The molecule has 0 spiro atoms. The van der Waals surface area contributed by atoms with Crippen LogP contribution in [0, 0.1) is 11.6 Å². The van der Waals surface area contributed by atoms with Crippen LogP contribution in [-0.4, -0.2) is 29.2 Å². The summed E-state index contributed by atoms with van der Waals surface area (Å²) in [5.41, 5.74) is -0.0706. The number of amides is 1. The summed E-state index contributed by atoms with van der Waals surface area (Å²) in [5, 5.41) is 9.98. The molecule has 1 amide bonds. The SMILES string of the molecule is O=C(O)[C@@H](Cc1ccc(F)c(F)c1)NC(=O)C(F)(F)F. The number of hydrogen-bond acceptors (Lipinski definition) is 2. The Balaban J connectivity index is 2.85. The van der Waals surface area contributed by atoms with Gasteiger partial charge in [0.15, 0.2) is 11.6 Å². The van der Waals surface area contributed by atoms with Crippen LogP contribution >= 0.6 is 0 Å². The fraction of sp³-hybridized carbons (Fsp3) is 0.273. The van der Waals surface area contributed by atoms with Gasteiger partial charge in [0, 0.05) is 6.42 Å². The number of benzene rings is 1. The Hall–Kier alpha value is -2.19. The molecule has 4 nitrogen and oxygen atoms in total. The van der Waals surface area contributed by atoms with Crippen LogP contribution in [0.5, 0.6) is 0 Å². The summed E-state index contributed by atoms with van der Waals surface area (Å²) < 4.78 is 61.6. The summed E-state index contributed by atoms with van der Waals surface area (Å²) >= 11 is 0. The molecule has 0 aliphatic rings. The molecule has 0 unspecified atom stereocenters. The van der Waals surface area contributed by atoms with Gasteiger partial charge in [0.2, 0.25) is 0 Å². The third-order valence-electron chi connectivity index (χ3n) is 2.28. The molecule has 0 bridgehead atoms. The van der Waals surface area contributed by atoms with Gasteiger partial charge < -0.3 is 10.4 Å². The number of carboxylic acid groups (broad SMARTS) is 1. The largest absolute Gasteiger partial charge is 0.480 e. The molecule has 0 aliphatic carbocycles. The lowest BCUT2D eigenvalue weighted by Crippen LogP contribution is -2.47. The normalized spacial score (nSPS) is 12.8. The predicted molar refractivity (Wildman–Crippen MR) is 55.7 cm³/mol. The summed E-state index contributed by atoms with van der Waals surface area (Å²) in [6.45, 7) is 0.